The van der Waals surface area contributed by atoms with Gasteiger partial charge < -0.3 is 14.8 Å². The standard InChI is InChI=1S/C22H20ClNO3/c1-15-3-8-18(9-4-15)27-19-10-6-17(7-11-19)24-22(25)14-26-21-13-16(2)5-12-20(21)23/h3-13H,14H2,1-2H3,(H,24,25). The molecule has 0 heterocycles. The summed E-state index contributed by atoms with van der Waals surface area (Å²) in [4.78, 5) is 12.1. The Bertz CT molecular complexity index is 921. The molecule has 4 nitrogen and oxygen atoms in total. The molecule has 1 amide bonds. The summed E-state index contributed by atoms with van der Waals surface area (Å²) >= 11 is 6.06. The fourth-order valence-corrected chi connectivity index (χ4v) is 2.58. The Morgan fingerprint density at radius 1 is 0.889 bits per heavy atom. The summed E-state index contributed by atoms with van der Waals surface area (Å²) in [6, 6.07) is 20.4. The normalized spacial score (nSPS) is 10.3. The molecule has 0 bridgehead atoms. The third-order valence-electron chi connectivity index (χ3n) is 3.84. The number of halogens is 1. The van der Waals surface area contributed by atoms with Crippen molar-refractivity contribution >= 4 is 23.2 Å². The van der Waals surface area contributed by atoms with E-state index in [0.717, 1.165) is 11.3 Å². The van der Waals surface area contributed by atoms with E-state index in [-0.39, 0.29) is 12.5 Å². The maximum absolute atomic E-state index is 12.1. The fourth-order valence-electron chi connectivity index (χ4n) is 2.41. The van der Waals surface area contributed by atoms with Crippen molar-refractivity contribution in [2.75, 3.05) is 11.9 Å². The molecule has 0 radical (unpaired) electrons. The van der Waals surface area contributed by atoms with Gasteiger partial charge in [-0.15, -0.1) is 0 Å². The van der Waals surface area contributed by atoms with Crippen LogP contribution in [-0.2, 0) is 4.79 Å². The number of rotatable bonds is 6. The molecule has 0 saturated carbocycles. The number of anilines is 1. The minimum atomic E-state index is -0.264. The van der Waals surface area contributed by atoms with E-state index in [4.69, 9.17) is 21.1 Å². The van der Waals surface area contributed by atoms with Crippen LogP contribution in [0.3, 0.4) is 0 Å². The van der Waals surface area contributed by atoms with Gasteiger partial charge in [0.15, 0.2) is 6.61 Å². The lowest BCUT2D eigenvalue weighted by Gasteiger charge is -2.10. The Kier molecular flexibility index (Phi) is 5.99. The van der Waals surface area contributed by atoms with Gasteiger partial charge in [-0.05, 0) is 67.9 Å². The fraction of sp³-hybridized carbons (Fsp3) is 0.136. The Morgan fingerprint density at radius 3 is 2.15 bits per heavy atom. The first-order chi connectivity index (χ1) is 13.0. The van der Waals surface area contributed by atoms with Crippen molar-refractivity contribution in [2.24, 2.45) is 0 Å². The Balaban J connectivity index is 1.53. The Morgan fingerprint density at radius 2 is 1.48 bits per heavy atom. The molecule has 27 heavy (non-hydrogen) atoms. The highest BCUT2D eigenvalue weighted by atomic mass is 35.5. The van der Waals surface area contributed by atoms with Crippen LogP contribution in [0.25, 0.3) is 0 Å². The zero-order chi connectivity index (χ0) is 19.2. The summed E-state index contributed by atoms with van der Waals surface area (Å²) in [7, 11) is 0. The molecule has 0 atom stereocenters. The van der Waals surface area contributed by atoms with Crippen LogP contribution in [0.5, 0.6) is 17.2 Å². The van der Waals surface area contributed by atoms with E-state index in [0.29, 0.717) is 22.2 Å². The number of carbonyl (C=O) groups is 1. The van der Waals surface area contributed by atoms with E-state index in [9.17, 15) is 4.79 Å². The molecule has 0 fully saturated rings. The van der Waals surface area contributed by atoms with E-state index in [1.807, 2.05) is 44.2 Å². The second kappa shape index (κ2) is 8.60. The lowest BCUT2D eigenvalue weighted by atomic mass is 10.2. The minimum Gasteiger partial charge on any atom is -0.482 e. The van der Waals surface area contributed by atoms with Crippen molar-refractivity contribution in [3.63, 3.8) is 0 Å². The molecule has 0 unspecified atom stereocenters. The predicted octanol–water partition coefficient (Wildman–Crippen LogP) is 5.77. The van der Waals surface area contributed by atoms with Crippen molar-refractivity contribution in [1.29, 1.82) is 0 Å². The average Bonchev–Trinajstić information content (AvgIpc) is 2.66. The van der Waals surface area contributed by atoms with Crippen molar-refractivity contribution in [3.05, 3.63) is 82.9 Å². The van der Waals surface area contributed by atoms with Gasteiger partial charge in [0.2, 0.25) is 0 Å². The van der Waals surface area contributed by atoms with E-state index in [2.05, 4.69) is 5.32 Å². The third-order valence-corrected chi connectivity index (χ3v) is 4.15. The van der Waals surface area contributed by atoms with Gasteiger partial charge in [-0.25, -0.2) is 0 Å². The van der Waals surface area contributed by atoms with Crippen LogP contribution in [0.1, 0.15) is 11.1 Å². The molecule has 0 aliphatic heterocycles. The molecule has 0 aliphatic rings. The molecule has 0 spiro atoms. The molecule has 5 heteroatoms. The van der Waals surface area contributed by atoms with E-state index in [1.54, 1.807) is 36.4 Å². The summed E-state index contributed by atoms with van der Waals surface area (Å²) in [5.74, 6) is 1.69. The van der Waals surface area contributed by atoms with Crippen LogP contribution in [0.2, 0.25) is 5.02 Å². The largest absolute Gasteiger partial charge is 0.482 e. The number of amides is 1. The van der Waals surface area contributed by atoms with E-state index in [1.165, 1.54) is 5.56 Å². The van der Waals surface area contributed by atoms with Gasteiger partial charge in [-0.3, -0.25) is 4.79 Å². The molecule has 3 aromatic carbocycles. The summed E-state index contributed by atoms with van der Waals surface area (Å²) in [6.07, 6.45) is 0. The quantitative estimate of drug-likeness (QED) is 0.589. The first-order valence-corrected chi connectivity index (χ1v) is 8.91. The summed E-state index contributed by atoms with van der Waals surface area (Å²) < 4.78 is 11.3. The van der Waals surface area contributed by atoms with Gasteiger partial charge in [0.25, 0.3) is 5.91 Å². The molecule has 138 valence electrons. The van der Waals surface area contributed by atoms with Crippen LogP contribution in [-0.4, -0.2) is 12.5 Å². The zero-order valence-electron chi connectivity index (χ0n) is 15.2. The monoisotopic (exact) mass is 381 g/mol. The minimum absolute atomic E-state index is 0.120. The van der Waals surface area contributed by atoms with Crippen LogP contribution in [0.15, 0.2) is 66.7 Å². The molecule has 3 aromatic rings. The summed E-state index contributed by atoms with van der Waals surface area (Å²) in [5, 5.41) is 3.26. The van der Waals surface area contributed by atoms with E-state index >= 15 is 0 Å². The van der Waals surface area contributed by atoms with Crippen LogP contribution >= 0.6 is 11.6 Å². The number of benzene rings is 3. The number of aryl methyl sites for hydroxylation is 2. The first kappa shape index (κ1) is 18.8. The van der Waals surface area contributed by atoms with E-state index < -0.39 is 0 Å². The number of nitrogens with one attached hydrogen (secondary N) is 1. The van der Waals surface area contributed by atoms with Crippen molar-refractivity contribution in [2.45, 2.75) is 13.8 Å². The molecule has 0 saturated heterocycles. The zero-order valence-corrected chi connectivity index (χ0v) is 15.9. The second-order valence-electron chi connectivity index (χ2n) is 6.21. The topological polar surface area (TPSA) is 47.6 Å². The molecule has 3 rings (SSSR count). The van der Waals surface area contributed by atoms with Gasteiger partial charge in [0.1, 0.15) is 17.2 Å². The van der Waals surface area contributed by atoms with Crippen LogP contribution < -0.4 is 14.8 Å². The van der Waals surface area contributed by atoms with Crippen molar-refractivity contribution in [1.82, 2.24) is 0 Å². The smallest absolute Gasteiger partial charge is 0.262 e. The molecule has 1 N–H and O–H groups in total. The van der Waals surface area contributed by atoms with Crippen molar-refractivity contribution < 1.29 is 14.3 Å². The van der Waals surface area contributed by atoms with Gasteiger partial charge in [-0.1, -0.05) is 35.4 Å². The highest BCUT2D eigenvalue weighted by Gasteiger charge is 2.07. The maximum atomic E-state index is 12.1. The molecule has 0 aromatic heterocycles. The molecular formula is C22H20ClNO3. The number of carbonyl (C=O) groups excluding carboxylic acids is 1. The second-order valence-corrected chi connectivity index (χ2v) is 6.62. The highest BCUT2D eigenvalue weighted by molar-refractivity contribution is 6.32. The Hall–Kier alpha value is -2.98. The summed E-state index contributed by atoms with van der Waals surface area (Å²) in [6.45, 7) is 3.84. The van der Waals surface area contributed by atoms with Gasteiger partial charge >= 0.3 is 0 Å². The number of hydrogen-bond acceptors (Lipinski definition) is 3. The predicted molar refractivity (Wildman–Crippen MR) is 108 cm³/mol. The lowest BCUT2D eigenvalue weighted by molar-refractivity contribution is -0.118. The SMILES string of the molecule is Cc1ccc(Oc2ccc(NC(=O)COc3cc(C)ccc3Cl)cc2)cc1. The molecule has 0 aliphatic carbocycles. The highest BCUT2D eigenvalue weighted by Crippen LogP contribution is 2.25. The first-order valence-electron chi connectivity index (χ1n) is 8.53. The van der Waals surface area contributed by atoms with Gasteiger partial charge in [-0.2, -0.15) is 0 Å². The van der Waals surface area contributed by atoms with Gasteiger partial charge in [0, 0.05) is 5.69 Å². The van der Waals surface area contributed by atoms with Crippen molar-refractivity contribution in [3.8, 4) is 17.2 Å². The third kappa shape index (κ3) is 5.50. The van der Waals surface area contributed by atoms with Crippen LogP contribution in [0.4, 0.5) is 5.69 Å². The Labute approximate surface area is 163 Å². The van der Waals surface area contributed by atoms with Gasteiger partial charge in [0.05, 0.1) is 5.02 Å². The lowest BCUT2D eigenvalue weighted by Crippen LogP contribution is -2.20. The number of hydrogen-bond donors (Lipinski definition) is 1. The average molecular weight is 382 g/mol. The molecular weight excluding hydrogens is 362 g/mol. The summed E-state index contributed by atoms with van der Waals surface area (Å²) in [5.41, 5.74) is 2.85. The maximum Gasteiger partial charge on any atom is 0.262 e. The van der Waals surface area contributed by atoms with Crippen LogP contribution in [0, 0.1) is 13.8 Å². The number of ether oxygens (including phenoxy) is 2.